The summed E-state index contributed by atoms with van der Waals surface area (Å²) >= 11 is 0. The second-order valence-electron chi connectivity index (χ2n) is 7.39. The number of para-hydroxylation sites is 1. The topological polar surface area (TPSA) is 55.2 Å². The first-order chi connectivity index (χ1) is 13.4. The molecule has 1 aliphatic heterocycles. The summed E-state index contributed by atoms with van der Waals surface area (Å²) in [6.45, 7) is 6.74. The highest BCUT2D eigenvalue weighted by atomic mass is 16.2. The van der Waals surface area contributed by atoms with E-state index in [-0.39, 0.29) is 18.0 Å². The number of anilines is 1. The van der Waals surface area contributed by atoms with Crippen LogP contribution in [0.5, 0.6) is 0 Å². The second-order valence-corrected chi connectivity index (χ2v) is 7.39. The molecule has 1 aliphatic rings. The average Bonchev–Trinajstić information content (AvgIpc) is 3.11. The fraction of sp³-hybridized carbons (Fsp3) is 0.261. The van der Waals surface area contributed by atoms with Gasteiger partial charge in [0.2, 0.25) is 5.91 Å². The van der Waals surface area contributed by atoms with Crippen LogP contribution in [0.2, 0.25) is 0 Å². The largest absolute Gasteiger partial charge is 0.310 e. The van der Waals surface area contributed by atoms with Gasteiger partial charge >= 0.3 is 0 Å². The van der Waals surface area contributed by atoms with Gasteiger partial charge in [0.1, 0.15) is 6.54 Å². The Labute approximate surface area is 164 Å². The fourth-order valence-electron chi connectivity index (χ4n) is 3.75. The highest BCUT2D eigenvalue weighted by Crippen LogP contribution is 2.28. The molecule has 28 heavy (non-hydrogen) atoms. The van der Waals surface area contributed by atoms with Crippen molar-refractivity contribution in [2.24, 2.45) is 0 Å². The van der Waals surface area contributed by atoms with E-state index in [0.29, 0.717) is 12.2 Å². The maximum atomic E-state index is 12.9. The van der Waals surface area contributed by atoms with Gasteiger partial charge in [0.15, 0.2) is 0 Å². The molecule has 0 unspecified atom stereocenters. The van der Waals surface area contributed by atoms with Gasteiger partial charge in [-0.15, -0.1) is 0 Å². The SMILES string of the molecule is Cc1cc(C)c(-c2ccc(=O)n(CC(=O)N3CCc4ccccc43)n2)cc1C. The van der Waals surface area contributed by atoms with Crippen molar-refractivity contribution >= 4 is 11.6 Å². The Hall–Kier alpha value is -3.21. The summed E-state index contributed by atoms with van der Waals surface area (Å²) in [4.78, 5) is 27.0. The predicted molar refractivity (Wildman–Crippen MR) is 111 cm³/mol. The maximum Gasteiger partial charge on any atom is 0.267 e. The van der Waals surface area contributed by atoms with E-state index in [1.165, 1.54) is 21.9 Å². The lowest BCUT2D eigenvalue weighted by Gasteiger charge is -2.18. The van der Waals surface area contributed by atoms with E-state index in [9.17, 15) is 9.59 Å². The maximum absolute atomic E-state index is 12.9. The quantitative estimate of drug-likeness (QED) is 0.707. The minimum atomic E-state index is -0.272. The zero-order valence-corrected chi connectivity index (χ0v) is 16.4. The first-order valence-corrected chi connectivity index (χ1v) is 9.48. The Balaban J connectivity index is 1.65. The van der Waals surface area contributed by atoms with Crippen molar-refractivity contribution in [3.63, 3.8) is 0 Å². The number of hydrogen-bond donors (Lipinski definition) is 0. The van der Waals surface area contributed by atoms with Crippen LogP contribution in [0.3, 0.4) is 0 Å². The molecule has 0 atom stereocenters. The van der Waals surface area contributed by atoms with Crippen LogP contribution in [0, 0.1) is 20.8 Å². The molecular weight excluding hydrogens is 350 g/mol. The van der Waals surface area contributed by atoms with Gasteiger partial charge in [-0.3, -0.25) is 9.59 Å². The fourth-order valence-corrected chi connectivity index (χ4v) is 3.75. The normalized spacial score (nSPS) is 12.9. The molecule has 4 rings (SSSR count). The molecule has 0 bridgehead atoms. The Morgan fingerprint density at radius 3 is 2.57 bits per heavy atom. The Morgan fingerprint density at radius 2 is 1.75 bits per heavy atom. The standard InChI is InChI=1S/C23H23N3O2/c1-15-12-17(3)19(13-16(15)2)20-8-9-22(27)26(24-20)14-23(28)25-11-10-18-6-4-5-7-21(18)25/h4-9,12-13H,10-11,14H2,1-3H3. The van der Waals surface area contributed by atoms with Crippen molar-refractivity contribution < 1.29 is 4.79 Å². The van der Waals surface area contributed by atoms with Crippen LogP contribution in [0.4, 0.5) is 5.69 Å². The lowest BCUT2D eigenvalue weighted by atomic mass is 9.99. The minimum absolute atomic E-state index is 0.0646. The summed E-state index contributed by atoms with van der Waals surface area (Å²) in [6, 6.07) is 15.3. The van der Waals surface area contributed by atoms with Crippen LogP contribution in [0.25, 0.3) is 11.3 Å². The molecule has 0 fully saturated rings. The first-order valence-electron chi connectivity index (χ1n) is 9.48. The lowest BCUT2D eigenvalue weighted by Crippen LogP contribution is -2.36. The average molecular weight is 373 g/mol. The Bertz CT molecular complexity index is 1130. The van der Waals surface area contributed by atoms with E-state index in [2.05, 4.69) is 31.1 Å². The van der Waals surface area contributed by atoms with Gasteiger partial charge < -0.3 is 4.90 Å². The molecule has 0 aliphatic carbocycles. The Kier molecular flexibility index (Phi) is 4.59. The molecule has 0 saturated heterocycles. The number of amides is 1. The van der Waals surface area contributed by atoms with Crippen LogP contribution in [0.1, 0.15) is 22.3 Å². The summed E-state index contributed by atoms with van der Waals surface area (Å²) in [5.41, 5.74) is 7.00. The molecule has 0 N–H and O–H groups in total. The van der Waals surface area contributed by atoms with E-state index in [1.54, 1.807) is 11.0 Å². The molecule has 0 radical (unpaired) electrons. The number of aryl methyl sites for hydroxylation is 3. The van der Waals surface area contributed by atoms with Gasteiger partial charge in [-0.2, -0.15) is 5.10 Å². The van der Waals surface area contributed by atoms with E-state index in [0.717, 1.165) is 28.8 Å². The smallest absolute Gasteiger partial charge is 0.267 e. The van der Waals surface area contributed by atoms with E-state index < -0.39 is 0 Å². The number of carbonyl (C=O) groups is 1. The molecule has 0 spiro atoms. The molecule has 5 heteroatoms. The first kappa shape index (κ1) is 18.2. The summed E-state index contributed by atoms with van der Waals surface area (Å²) in [5, 5.41) is 4.50. The van der Waals surface area contributed by atoms with Crippen molar-refractivity contribution in [1.82, 2.24) is 9.78 Å². The molecule has 5 nitrogen and oxygen atoms in total. The highest BCUT2D eigenvalue weighted by Gasteiger charge is 2.24. The zero-order valence-electron chi connectivity index (χ0n) is 16.4. The Morgan fingerprint density at radius 1 is 1.00 bits per heavy atom. The highest BCUT2D eigenvalue weighted by molar-refractivity contribution is 5.95. The van der Waals surface area contributed by atoms with Crippen LogP contribution < -0.4 is 10.5 Å². The number of fused-ring (bicyclic) bond motifs is 1. The number of aromatic nitrogens is 2. The number of nitrogens with zero attached hydrogens (tertiary/aromatic N) is 3. The van der Waals surface area contributed by atoms with Gasteiger partial charge in [-0.1, -0.05) is 24.3 Å². The van der Waals surface area contributed by atoms with Crippen LogP contribution in [-0.4, -0.2) is 22.2 Å². The lowest BCUT2D eigenvalue weighted by molar-refractivity contribution is -0.119. The molecule has 0 saturated carbocycles. The van der Waals surface area contributed by atoms with Crippen molar-refractivity contribution in [1.29, 1.82) is 0 Å². The van der Waals surface area contributed by atoms with E-state index in [1.807, 2.05) is 31.2 Å². The summed E-state index contributed by atoms with van der Waals surface area (Å²) in [5.74, 6) is -0.117. The van der Waals surface area contributed by atoms with Gasteiger partial charge in [-0.25, -0.2) is 4.68 Å². The second kappa shape index (κ2) is 7.08. The van der Waals surface area contributed by atoms with Crippen LogP contribution >= 0.6 is 0 Å². The minimum Gasteiger partial charge on any atom is -0.310 e. The van der Waals surface area contributed by atoms with Gasteiger partial charge in [0.05, 0.1) is 5.69 Å². The van der Waals surface area contributed by atoms with Crippen LogP contribution in [0.15, 0.2) is 53.3 Å². The van der Waals surface area contributed by atoms with Crippen LogP contribution in [-0.2, 0) is 17.8 Å². The molecule has 1 aromatic heterocycles. The number of benzene rings is 2. The van der Waals surface area contributed by atoms with Gasteiger partial charge in [0, 0.05) is 23.9 Å². The third-order valence-electron chi connectivity index (χ3n) is 5.46. The summed E-state index contributed by atoms with van der Waals surface area (Å²) in [6.07, 6.45) is 0.839. The van der Waals surface area contributed by atoms with Crippen molar-refractivity contribution in [2.75, 3.05) is 11.4 Å². The van der Waals surface area contributed by atoms with Crippen molar-refractivity contribution in [3.05, 3.63) is 81.1 Å². The molecule has 2 heterocycles. The zero-order chi connectivity index (χ0) is 19.8. The third-order valence-corrected chi connectivity index (χ3v) is 5.46. The number of rotatable bonds is 3. The van der Waals surface area contributed by atoms with E-state index >= 15 is 0 Å². The van der Waals surface area contributed by atoms with E-state index in [4.69, 9.17) is 0 Å². The van der Waals surface area contributed by atoms with Crippen molar-refractivity contribution in [2.45, 2.75) is 33.7 Å². The summed E-state index contributed by atoms with van der Waals surface area (Å²) in [7, 11) is 0. The molecule has 1 amide bonds. The molecule has 3 aromatic rings. The molecular formula is C23H23N3O2. The number of hydrogen-bond acceptors (Lipinski definition) is 3. The van der Waals surface area contributed by atoms with Crippen molar-refractivity contribution in [3.8, 4) is 11.3 Å². The third kappa shape index (κ3) is 3.24. The van der Waals surface area contributed by atoms with Gasteiger partial charge in [0.25, 0.3) is 5.56 Å². The summed E-state index contributed by atoms with van der Waals surface area (Å²) < 4.78 is 1.27. The monoisotopic (exact) mass is 373 g/mol. The number of carbonyl (C=O) groups excluding carboxylic acids is 1. The van der Waals surface area contributed by atoms with Gasteiger partial charge in [-0.05, 0) is 67.6 Å². The predicted octanol–water partition coefficient (Wildman–Crippen LogP) is 3.42. The molecule has 142 valence electrons. The molecule has 2 aromatic carbocycles.